The second-order valence-electron chi connectivity index (χ2n) is 11.3. The van der Waals surface area contributed by atoms with Crippen LogP contribution in [0.4, 0.5) is 26.7 Å². The lowest BCUT2D eigenvalue weighted by molar-refractivity contribution is -0.286. The third kappa shape index (κ3) is 6.01. The van der Waals surface area contributed by atoms with Gasteiger partial charge in [-0.15, -0.1) is 0 Å². The first-order chi connectivity index (χ1) is 19.0. The highest BCUT2D eigenvalue weighted by atomic mass is 35.5. The van der Waals surface area contributed by atoms with Gasteiger partial charge in [0.25, 0.3) is 5.91 Å². The highest BCUT2D eigenvalue weighted by Gasteiger charge is 2.60. The Hall–Kier alpha value is -2.18. The number of hydrogen-bond acceptors (Lipinski definition) is 5. The molecule has 3 aliphatic rings. The van der Waals surface area contributed by atoms with E-state index in [1.807, 2.05) is 6.92 Å². The zero-order chi connectivity index (χ0) is 30.4. The van der Waals surface area contributed by atoms with Gasteiger partial charge in [0.2, 0.25) is 0 Å². The van der Waals surface area contributed by atoms with Crippen molar-refractivity contribution in [3.05, 3.63) is 33.8 Å². The van der Waals surface area contributed by atoms with Crippen LogP contribution in [0, 0.1) is 5.41 Å². The van der Waals surface area contributed by atoms with E-state index >= 15 is 0 Å². The van der Waals surface area contributed by atoms with Gasteiger partial charge >= 0.3 is 18.2 Å². The maximum atomic E-state index is 14.6. The zero-order valence-corrected chi connectivity index (χ0v) is 24.1. The highest BCUT2D eigenvalue weighted by molar-refractivity contribution is 6.42. The summed E-state index contributed by atoms with van der Waals surface area (Å²) in [6, 6.07) is 4.02. The van der Waals surface area contributed by atoms with Gasteiger partial charge in [0.05, 0.1) is 29.1 Å². The van der Waals surface area contributed by atoms with Crippen molar-refractivity contribution in [2.75, 3.05) is 33.3 Å². The number of Topliss-reactive ketones (excluding diaryl/α,β-unsaturated/α-hetero) is 1. The van der Waals surface area contributed by atoms with Crippen molar-refractivity contribution in [1.82, 2.24) is 15.1 Å². The average Bonchev–Trinajstić information content (AvgIpc) is 3.51. The number of ketones is 1. The molecule has 1 unspecified atom stereocenters. The molecule has 2 saturated heterocycles. The molecule has 3 fully saturated rings. The number of halogens is 7. The van der Waals surface area contributed by atoms with Crippen LogP contribution in [0.2, 0.25) is 10.0 Å². The molecule has 2 amide bonds. The van der Waals surface area contributed by atoms with Crippen molar-refractivity contribution in [3.63, 3.8) is 0 Å². The van der Waals surface area contributed by atoms with E-state index < -0.39 is 60.0 Å². The third-order valence-electron chi connectivity index (χ3n) is 8.63. The first kappa shape index (κ1) is 31.7. The van der Waals surface area contributed by atoms with Crippen LogP contribution in [0.25, 0.3) is 0 Å². The molecule has 1 aliphatic carbocycles. The fourth-order valence-corrected chi connectivity index (χ4v) is 6.05. The Kier molecular flexibility index (Phi) is 8.89. The number of carbonyl (C=O) groups excluding carboxylic acids is 3. The fraction of sp³-hybridized carbons (Fsp3) is 0.667. The molecule has 1 aromatic carbocycles. The van der Waals surface area contributed by atoms with Crippen LogP contribution in [-0.2, 0) is 14.3 Å². The Morgan fingerprint density at radius 1 is 1.12 bits per heavy atom. The first-order valence-corrected chi connectivity index (χ1v) is 14.2. The van der Waals surface area contributed by atoms with Crippen molar-refractivity contribution < 1.29 is 41.1 Å². The summed E-state index contributed by atoms with van der Waals surface area (Å²) in [5.74, 6) is -6.39. The van der Waals surface area contributed by atoms with E-state index in [0.717, 1.165) is 24.2 Å². The summed E-state index contributed by atoms with van der Waals surface area (Å²) in [5, 5.41) is 3.57. The number of nitrogens with one attached hydrogen (secondary N) is 1. The number of likely N-dealkylation sites (tertiary alicyclic amines) is 1. The number of alkyl halides is 5. The molecular weight excluding hydrogens is 596 g/mol. The minimum absolute atomic E-state index is 0.0441. The molecular formula is C27H32Cl2F5N3O4. The molecule has 0 bridgehead atoms. The minimum atomic E-state index is -5.80. The number of rotatable bonds is 8. The predicted molar refractivity (Wildman–Crippen MR) is 141 cm³/mol. The number of likely N-dealkylation sites (N-methyl/N-ethyl adjacent to an activating group) is 1. The molecule has 41 heavy (non-hydrogen) atoms. The number of nitrogens with zero attached hydrogens (tertiary/aromatic N) is 2. The average molecular weight is 628 g/mol. The normalized spacial score (nSPS) is 26.0. The number of hydrogen-bond donors (Lipinski definition) is 1. The third-order valence-corrected chi connectivity index (χ3v) is 9.36. The summed E-state index contributed by atoms with van der Waals surface area (Å²) in [5.41, 5.74) is -1.68. The molecule has 228 valence electrons. The molecule has 3 atom stereocenters. The monoisotopic (exact) mass is 627 g/mol. The maximum absolute atomic E-state index is 14.6. The van der Waals surface area contributed by atoms with E-state index in [9.17, 15) is 36.3 Å². The smallest absolute Gasteiger partial charge is 0.449 e. The molecule has 1 N–H and O–H groups in total. The van der Waals surface area contributed by atoms with Crippen molar-refractivity contribution >= 4 is 41.0 Å². The van der Waals surface area contributed by atoms with Crippen molar-refractivity contribution in [2.24, 2.45) is 5.41 Å². The minimum Gasteiger partial charge on any atom is -0.449 e. The number of carbonyl (C=O) groups is 3. The van der Waals surface area contributed by atoms with Gasteiger partial charge in [-0.25, -0.2) is 4.79 Å². The summed E-state index contributed by atoms with van der Waals surface area (Å²) in [4.78, 5) is 43.7. The van der Waals surface area contributed by atoms with E-state index in [-0.39, 0.29) is 35.5 Å². The van der Waals surface area contributed by atoms with Crippen LogP contribution in [0.15, 0.2) is 18.2 Å². The van der Waals surface area contributed by atoms with Gasteiger partial charge in [0.1, 0.15) is 5.54 Å². The summed E-state index contributed by atoms with van der Waals surface area (Å²) >= 11 is 12.4. The van der Waals surface area contributed by atoms with Gasteiger partial charge in [-0.3, -0.25) is 14.5 Å². The second-order valence-corrected chi connectivity index (χ2v) is 12.2. The van der Waals surface area contributed by atoms with E-state index in [1.54, 1.807) is 12.1 Å². The maximum Gasteiger partial charge on any atom is 0.453 e. The van der Waals surface area contributed by atoms with Gasteiger partial charge in [0, 0.05) is 38.0 Å². The molecule has 4 rings (SSSR count). The Balaban J connectivity index is 1.68. The highest BCUT2D eigenvalue weighted by Crippen LogP contribution is 2.49. The Morgan fingerprint density at radius 3 is 2.41 bits per heavy atom. The molecule has 0 aromatic heterocycles. The van der Waals surface area contributed by atoms with Crippen molar-refractivity contribution in [1.29, 1.82) is 0 Å². The number of piperidine rings is 1. The molecule has 7 nitrogen and oxygen atoms in total. The van der Waals surface area contributed by atoms with Crippen molar-refractivity contribution in [3.8, 4) is 0 Å². The van der Waals surface area contributed by atoms with Crippen LogP contribution >= 0.6 is 23.2 Å². The fourth-order valence-electron chi connectivity index (χ4n) is 5.74. The van der Waals surface area contributed by atoms with Gasteiger partial charge in [-0.1, -0.05) is 36.2 Å². The molecule has 2 aliphatic heterocycles. The Bertz CT molecular complexity index is 1200. The molecule has 14 heteroatoms. The molecule has 2 heterocycles. The lowest BCUT2D eigenvalue weighted by Crippen LogP contribution is -2.66. The predicted octanol–water partition coefficient (Wildman–Crippen LogP) is 5.83. The summed E-state index contributed by atoms with van der Waals surface area (Å²) < 4.78 is 69.6. The second kappa shape index (κ2) is 11.5. The zero-order valence-electron chi connectivity index (χ0n) is 22.6. The van der Waals surface area contributed by atoms with E-state index in [4.69, 9.17) is 27.9 Å². The van der Waals surface area contributed by atoms with Gasteiger partial charge < -0.3 is 15.0 Å². The Morgan fingerprint density at radius 2 is 1.80 bits per heavy atom. The van der Waals surface area contributed by atoms with Crippen LogP contribution in [-0.4, -0.2) is 84.6 Å². The Labute approximate surface area is 244 Å². The van der Waals surface area contributed by atoms with E-state index in [1.165, 1.54) is 18.0 Å². The summed E-state index contributed by atoms with van der Waals surface area (Å²) in [7, 11) is 1.24. The quantitative estimate of drug-likeness (QED) is 0.367. The summed E-state index contributed by atoms with van der Waals surface area (Å²) in [6.45, 7) is 1.00. The standard InChI is InChI=1S/C27H32Cl2F5N3O4/c1-24(8-9-24)21(38)20-5-3-4-11-37(20)22(39)25(15-35-14-17(25)16-6-7-18(28)19(29)13-16)36(2)23(40)41-12-10-26(30,31)27(32,33)34/h6-7,13,17,20,35H,3-5,8-12,14-15H2,1-2H3/t17-,20?,25+/m1/s1. The largest absolute Gasteiger partial charge is 0.453 e. The van der Waals surface area contributed by atoms with E-state index in [2.05, 4.69) is 5.32 Å². The topological polar surface area (TPSA) is 79.0 Å². The molecule has 1 saturated carbocycles. The van der Waals surface area contributed by atoms with Gasteiger partial charge in [0.15, 0.2) is 5.78 Å². The number of amides is 2. The van der Waals surface area contributed by atoms with E-state index in [0.29, 0.717) is 18.4 Å². The molecule has 0 spiro atoms. The lowest BCUT2D eigenvalue weighted by atomic mass is 9.78. The first-order valence-electron chi connectivity index (χ1n) is 13.4. The van der Waals surface area contributed by atoms with Crippen molar-refractivity contribution in [2.45, 2.75) is 75.0 Å². The molecule has 1 aromatic rings. The van der Waals surface area contributed by atoms with Crippen LogP contribution < -0.4 is 5.32 Å². The lowest BCUT2D eigenvalue weighted by Gasteiger charge is -2.46. The SMILES string of the molecule is CN(C(=O)OCCC(F)(F)C(F)(F)F)[C@@]1(C(=O)N2CCCCC2C(=O)C2(C)CC2)CNC[C@@H]1c1ccc(Cl)c(Cl)c1. The number of ether oxygens (including phenoxy) is 1. The summed E-state index contributed by atoms with van der Waals surface area (Å²) in [6.07, 6.45) is -5.55. The van der Waals surface area contributed by atoms with Gasteiger partial charge in [-0.05, 0) is 49.8 Å². The number of benzene rings is 1. The molecule has 0 radical (unpaired) electrons. The van der Waals surface area contributed by atoms with Gasteiger partial charge in [-0.2, -0.15) is 22.0 Å². The van der Waals surface area contributed by atoms with Crippen LogP contribution in [0.1, 0.15) is 56.9 Å². The van der Waals surface area contributed by atoms with Crippen LogP contribution in [0.3, 0.4) is 0 Å². The van der Waals surface area contributed by atoms with Crippen LogP contribution in [0.5, 0.6) is 0 Å².